The number of aryl methyl sites for hydroxylation is 1. The third kappa shape index (κ3) is 2.50. The van der Waals surface area contributed by atoms with Crippen LogP contribution in [0.15, 0.2) is 42.7 Å². The molecular weight excluding hydrogens is 271 g/mol. The van der Waals surface area contributed by atoms with E-state index in [0.29, 0.717) is 0 Å². The molecule has 4 nitrogen and oxygen atoms in total. The van der Waals surface area contributed by atoms with Gasteiger partial charge in [0.15, 0.2) is 0 Å². The predicted octanol–water partition coefficient (Wildman–Crippen LogP) is 3.24. The maximum Gasteiger partial charge on any atom is 0.323 e. The van der Waals surface area contributed by atoms with Crippen LogP contribution in [-0.2, 0) is 11.3 Å². The summed E-state index contributed by atoms with van der Waals surface area (Å²) in [6, 6.07) is 8.01. The number of aromatic nitrogens is 2. The summed E-state index contributed by atoms with van der Waals surface area (Å²) in [7, 11) is 0. The van der Waals surface area contributed by atoms with E-state index in [-0.39, 0.29) is 12.4 Å². The fourth-order valence-electron chi connectivity index (χ4n) is 2.42. The number of hydrogen-bond donors (Lipinski definition) is 1. The van der Waals surface area contributed by atoms with E-state index in [1.165, 1.54) is 12.1 Å². The largest absolute Gasteiger partial charge is 0.480 e. The van der Waals surface area contributed by atoms with Crippen LogP contribution in [0.5, 0.6) is 0 Å². The van der Waals surface area contributed by atoms with E-state index in [9.17, 15) is 9.18 Å². The van der Waals surface area contributed by atoms with Gasteiger partial charge in [-0.25, -0.2) is 4.39 Å². The second-order valence-electron chi connectivity index (χ2n) is 4.93. The zero-order chi connectivity index (χ0) is 15.0. The lowest BCUT2D eigenvalue weighted by molar-refractivity contribution is -0.137. The summed E-state index contributed by atoms with van der Waals surface area (Å²) in [5.41, 5.74) is 4.13. The highest BCUT2D eigenvalue weighted by atomic mass is 19.1. The molecule has 0 saturated heterocycles. The number of nitrogens with zero attached hydrogens (tertiary/aromatic N) is 2. The van der Waals surface area contributed by atoms with Gasteiger partial charge in [0.2, 0.25) is 0 Å². The molecule has 0 atom stereocenters. The van der Waals surface area contributed by atoms with E-state index < -0.39 is 5.97 Å². The van der Waals surface area contributed by atoms with Crippen LogP contribution in [-0.4, -0.2) is 20.6 Å². The van der Waals surface area contributed by atoms with Gasteiger partial charge in [-0.05, 0) is 36.2 Å². The van der Waals surface area contributed by atoms with Crippen molar-refractivity contribution < 1.29 is 14.3 Å². The van der Waals surface area contributed by atoms with Crippen LogP contribution in [0.4, 0.5) is 4.39 Å². The summed E-state index contributed by atoms with van der Waals surface area (Å²) in [6.45, 7) is 1.78. The van der Waals surface area contributed by atoms with Crippen LogP contribution in [0, 0.1) is 12.7 Å². The van der Waals surface area contributed by atoms with Gasteiger partial charge in [-0.3, -0.25) is 9.78 Å². The van der Waals surface area contributed by atoms with E-state index in [4.69, 9.17) is 5.11 Å². The second-order valence-corrected chi connectivity index (χ2v) is 4.93. The molecular formula is C16H13FN2O2. The van der Waals surface area contributed by atoms with Crippen molar-refractivity contribution in [3.63, 3.8) is 0 Å². The first kappa shape index (κ1) is 13.3. The van der Waals surface area contributed by atoms with Crippen LogP contribution in [0.1, 0.15) is 5.56 Å². The highest BCUT2D eigenvalue weighted by molar-refractivity contribution is 5.85. The molecule has 0 amide bonds. The minimum atomic E-state index is -0.904. The quantitative estimate of drug-likeness (QED) is 0.803. The number of aliphatic carboxylic acids is 1. The van der Waals surface area contributed by atoms with Crippen molar-refractivity contribution in [1.29, 1.82) is 0 Å². The van der Waals surface area contributed by atoms with Crippen LogP contribution in [0.25, 0.3) is 22.2 Å². The molecule has 3 rings (SSSR count). The van der Waals surface area contributed by atoms with Gasteiger partial charge < -0.3 is 9.67 Å². The summed E-state index contributed by atoms with van der Waals surface area (Å²) < 4.78 is 14.6. The van der Waals surface area contributed by atoms with Crippen molar-refractivity contribution in [1.82, 2.24) is 9.55 Å². The van der Waals surface area contributed by atoms with Crippen molar-refractivity contribution in [2.45, 2.75) is 13.5 Å². The molecule has 2 aromatic heterocycles. The molecule has 0 aliphatic rings. The molecule has 0 fully saturated rings. The van der Waals surface area contributed by atoms with Gasteiger partial charge in [0.05, 0.1) is 11.0 Å². The van der Waals surface area contributed by atoms with Crippen molar-refractivity contribution in [2.75, 3.05) is 0 Å². The molecule has 0 aliphatic carbocycles. The number of carbonyl (C=O) groups is 1. The first-order chi connectivity index (χ1) is 10.0. The van der Waals surface area contributed by atoms with E-state index in [2.05, 4.69) is 4.98 Å². The minimum Gasteiger partial charge on any atom is -0.480 e. The van der Waals surface area contributed by atoms with Gasteiger partial charge in [-0.2, -0.15) is 0 Å². The topological polar surface area (TPSA) is 55.1 Å². The van der Waals surface area contributed by atoms with Gasteiger partial charge in [0, 0.05) is 18.0 Å². The Kier molecular flexibility index (Phi) is 3.17. The Morgan fingerprint density at radius 2 is 2.00 bits per heavy atom. The third-order valence-corrected chi connectivity index (χ3v) is 3.38. The first-order valence-corrected chi connectivity index (χ1v) is 6.48. The van der Waals surface area contributed by atoms with E-state index in [1.807, 2.05) is 13.0 Å². The standard InChI is InChI=1S/C16H13FN2O2/c1-10-8-19(9-15(20)21)14-6-12(7-18-16(10)14)11-2-4-13(17)5-3-11/h2-8H,9H2,1H3,(H,20,21). The zero-order valence-corrected chi connectivity index (χ0v) is 11.4. The molecule has 0 bridgehead atoms. The first-order valence-electron chi connectivity index (χ1n) is 6.48. The molecule has 0 radical (unpaired) electrons. The van der Waals surface area contributed by atoms with Crippen molar-refractivity contribution in [3.05, 3.63) is 54.1 Å². The molecule has 5 heteroatoms. The summed E-state index contributed by atoms with van der Waals surface area (Å²) in [4.78, 5) is 15.3. The molecule has 0 unspecified atom stereocenters. The molecule has 21 heavy (non-hydrogen) atoms. The maximum atomic E-state index is 13.0. The molecule has 0 spiro atoms. The van der Waals surface area contributed by atoms with Crippen LogP contribution in [0.3, 0.4) is 0 Å². The predicted molar refractivity (Wildman–Crippen MR) is 77.5 cm³/mol. The molecule has 3 aromatic rings. The fraction of sp³-hybridized carbons (Fsp3) is 0.125. The number of carboxylic acid groups (broad SMARTS) is 1. The number of pyridine rings is 1. The number of hydrogen-bond acceptors (Lipinski definition) is 2. The van der Waals surface area contributed by atoms with E-state index in [0.717, 1.165) is 27.7 Å². The average molecular weight is 284 g/mol. The molecule has 1 N–H and O–H groups in total. The number of rotatable bonds is 3. The average Bonchev–Trinajstić information content (AvgIpc) is 2.75. The van der Waals surface area contributed by atoms with Crippen LogP contribution >= 0.6 is 0 Å². The third-order valence-electron chi connectivity index (χ3n) is 3.38. The summed E-state index contributed by atoms with van der Waals surface area (Å²) in [5, 5.41) is 8.97. The monoisotopic (exact) mass is 284 g/mol. The highest BCUT2D eigenvalue weighted by Gasteiger charge is 2.11. The summed E-state index contributed by atoms with van der Waals surface area (Å²) in [5.74, 6) is -1.20. The number of carboxylic acids is 1. The summed E-state index contributed by atoms with van der Waals surface area (Å²) >= 11 is 0. The lowest BCUT2D eigenvalue weighted by Crippen LogP contribution is -2.07. The van der Waals surface area contributed by atoms with Gasteiger partial charge in [0.25, 0.3) is 0 Å². The zero-order valence-electron chi connectivity index (χ0n) is 11.4. The fourth-order valence-corrected chi connectivity index (χ4v) is 2.42. The number of halogens is 1. The normalized spacial score (nSPS) is 11.0. The Bertz CT molecular complexity index is 822. The Morgan fingerprint density at radius 1 is 1.29 bits per heavy atom. The second kappa shape index (κ2) is 5.01. The Balaban J connectivity index is 2.14. The van der Waals surface area contributed by atoms with Crippen molar-refractivity contribution in [3.8, 4) is 11.1 Å². The number of benzene rings is 1. The van der Waals surface area contributed by atoms with Crippen LogP contribution < -0.4 is 0 Å². The van der Waals surface area contributed by atoms with Crippen LogP contribution in [0.2, 0.25) is 0 Å². The van der Waals surface area contributed by atoms with E-state index in [1.54, 1.807) is 29.1 Å². The molecule has 106 valence electrons. The Hall–Kier alpha value is -2.69. The van der Waals surface area contributed by atoms with Gasteiger partial charge in [-0.15, -0.1) is 0 Å². The minimum absolute atomic E-state index is 0.112. The maximum absolute atomic E-state index is 13.0. The SMILES string of the molecule is Cc1cn(CC(=O)O)c2cc(-c3ccc(F)cc3)cnc12. The Labute approximate surface area is 120 Å². The van der Waals surface area contributed by atoms with Gasteiger partial charge >= 0.3 is 5.97 Å². The lowest BCUT2D eigenvalue weighted by Gasteiger charge is -2.04. The molecule has 0 saturated carbocycles. The molecule has 2 heterocycles. The number of fused-ring (bicyclic) bond motifs is 1. The molecule has 1 aromatic carbocycles. The highest BCUT2D eigenvalue weighted by Crippen LogP contribution is 2.25. The smallest absolute Gasteiger partial charge is 0.323 e. The van der Waals surface area contributed by atoms with Gasteiger partial charge in [-0.1, -0.05) is 12.1 Å². The van der Waals surface area contributed by atoms with Crippen molar-refractivity contribution >= 4 is 17.0 Å². The Morgan fingerprint density at radius 3 is 2.67 bits per heavy atom. The lowest BCUT2D eigenvalue weighted by atomic mass is 10.1. The van der Waals surface area contributed by atoms with Crippen molar-refractivity contribution in [2.24, 2.45) is 0 Å². The molecule has 0 aliphatic heterocycles. The van der Waals surface area contributed by atoms with E-state index >= 15 is 0 Å². The van der Waals surface area contributed by atoms with Gasteiger partial charge in [0.1, 0.15) is 12.4 Å². The summed E-state index contributed by atoms with van der Waals surface area (Å²) in [6.07, 6.45) is 3.49.